The summed E-state index contributed by atoms with van der Waals surface area (Å²) in [5.41, 5.74) is 0. The van der Waals surface area contributed by atoms with Crippen molar-refractivity contribution in [2.45, 2.75) is 0 Å². The first-order chi connectivity index (χ1) is 5.30. The van der Waals surface area contributed by atoms with Crippen LogP contribution < -0.4 is 0 Å². The van der Waals surface area contributed by atoms with Crippen LogP contribution in [0.5, 0.6) is 0 Å². The number of carbonyl (C=O) groups is 1. The maximum atomic E-state index is 10.4. The van der Waals surface area contributed by atoms with Gasteiger partial charge in [0.05, 0.1) is 6.54 Å². The third-order valence-electron chi connectivity index (χ3n) is 1.25. The van der Waals surface area contributed by atoms with Crippen molar-refractivity contribution in [3.63, 3.8) is 0 Å². The maximum Gasteiger partial charge on any atom is 0.313 e. The van der Waals surface area contributed by atoms with Gasteiger partial charge in [-0.15, -0.1) is 0 Å². The molecule has 58 valence electrons. The van der Waals surface area contributed by atoms with Gasteiger partial charge in [-0.2, -0.15) is 0 Å². The van der Waals surface area contributed by atoms with Gasteiger partial charge in [-0.3, -0.25) is 14.8 Å². The van der Waals surface area contributed by atoms with E-state index in [2.05, 4.69) is 9.98 Å². The standard InChI is InChI=1S/C7H8N2O2/c10-7(11)6-4-8-2-1-3-9-5-6/h1-4,6H,5H2,(H,10,11). The summed E-state index contributed by atoms with van der Waals surface area (Å²) >= 11 is 0. The van der Waals surface area contributed by atoms with Gasteiger partial charge in [-0.25, -0.2) is 0 Å². The molecule has 1 aliphatic heterocycles. The van der Waals surface area contributed by atoms with Crippen molar-refractivity contribution in [1.82, 2.24) is 0 Å². The number of hydrogen-bond acceptors (Lipinski definition) is 3. The minimum atomic E-state index is -0.888. The molecule has 0 aromatic heterocycles. The minimum Gasteiger partial charge on any atom is -0.481 e. The van der Waals surface area contributed by atoms with Crippen LogP contribution in [0.3, 0.4) is 0 Å². The van der Waals surface area contributed by atoms with E-state index in [0.29, 0.717) is 0 Å². The van der Waals surface area contributed by atoms with Crippen LogP contribution >= 0.6 is 0 Å². The fraction of sp³-hybridized carbons (Fsp3) is 0.286. The largest absolute Gasteiger partial charge is 0.481 e. The lowest BCUT2D eigenvalue weighted by molar-refractivity contribution is -0.138. The van der Waals surface area contributed by atoms with Gasteiger partial charge in [-0.05, 0) is 6.08 Å². The highest BCUT2D eigenvalue weighted by atomic mass is 16.4. The van der Waals surface area contributed by atoms with Gasteiger partial charge < -0.3 is 5.11 Å². The molecule has 1 atom stereocenters. The summed E-state index contributed by atoms with van der Waals surface area (Å²) in [5, 5.41) is 8.57. The molecule has 0 saturated heterocycles. The highest BCUT2D eigenvalue weighted by Crippen LogP contribution is 1.96. The molecule has 1 heterocycles. The van der Waals surface area contributed by atoms with Crippen LogP contribution in [0, 0.1) is 5.92 Å². The second-order valence-corrected chi connectivity index (χ2v) is 2.10. The van der Waals surface area contributed by atoms with Crippen LogP contribution in [0.2, 0.25) is 0 Å². The second-order valence-electron chi connectivity index (χ2n) is 2.10. The smallest absolute Gasteiger partial charge is 0.313 e. The van der Waals surface area contributed by atoms with Crippen molar-refractivity contribution in [2.24, 2.45) is 15.9 Å². The summed E-state index contributed by atoms with van der Waals surface area (Å²) in [7, 11) is 0. The molecule has 0 fully saturated rings. The molecule has 0 radical (unpaired) electrons. The van der Waals surface area contributed by atoms with Crippen LogP contribution in [0.15, 0.2) is 22.3 Å². The Morgan fingerprint density at radius 2 is 2.45 bits per heavy atom. The van der Waals surface area contributed by atoms with E-state index in [1.54, 1.807) is 12.3 Å². The van der Waals surface area contributed by atoms with Crippen LogP contribution in [-0.2, 0) is 4.79 Å². The van der Waals surface area contributed by atoms with E-state index in [1.165, 1.54) is 12.4 Å². The van der Waals surface area contributed by atoms with Gasteiger partial charge >= 0.3 is 5.97 Å². The SMILES string of the molecule is O=C(O)C1C=NC=CC=NC1. The number of aliphatic imine (C=N–C) groups is 2. The van der Waals surface area contributed by atoms with Gasteiger partial charge in [0.15, 0.2) is 0 Å². The first-order valence-corrected chi connectivity index (χ1v) is 3.22. The Morgan fingerprint density at radius 1 is 1.64 bits per heavy atom. The number of rotatable bonds is 1. The molecule has 4 heteroatoms. The minimum absolute atomic E-state index is 0.267. The molecule has 0 saturated carbocycles. The first-order valence-electron chi connectivity index (χ1n) is 3.22. The molecule has 0 aromatic carbocycles. The van der Waals surface area contributed by atoms with Crippen molar-refractivity contribution in [3.8, 4) is 0 Å². The second kappa shape index (κ2) is 3.65. The number of carboxylic acid groups (broad SMARTS) is 1. The molecule has 0 bridgehead atoms. The van der Waals surface area contributed by atoms with Crippen molar-refractivity contribution >= 4 is 18.4 Å². The lowest BCUT2D eigenvalue weighted by atomic mass is 10.2. The van der Waals surface area contributed by atoms with Crippen LogP contribution in [-0.4, -0.2) is 30.0 Å². The quantitative estimate of drug-likeness (QED) is 0.589. The summed E-state index contributed by atoms with van der Waals surface area (Å²) < 4.78 is 0. The molecular formula is C7H8N2O2. The monoisotopic (exact) mass is 152 g/mol. The average molecular weight is 152 g/mol. The normalized spacial score (nSPS) is 22.7. The van der Waals surface area contributed by atoms with Gasteiger partial charge in [0.2, 0.25) is 0 Å². The van der Waals surface area contributed by atoms with Gasteiger partial charge in [-0.1, -0.05) is 0 Å². The van der Waals surface area contributed by atoms with E-state index in [1.807, 2.05) is 0 Å². The molecule has 1 rings (SSSR count). The van der Waals surface area contributed by atoms with Crippen molar-refractivity contribution < 1.29 is 9.90 Å². The van der Waals surface area contributed by atoms with E-state index in [4.69, 9.17) is 5.11 Å². The van der Waals surface area contributed by atoms with Gasteiger partial charge in [0.25, 0.3) is 0 Å². The number of carboxylic acids is 1. The Morgan fingerprint density at radius 3 is 3.18 bits per heavy atom. The van der Waals surface area contributed by atoms with Gasteiger partial charge in [0, 0.05) is 18.6 Å². The zero-order chi connectivity index (χ0) is 8.10. The van der Waals surface area contributed by atoms with Crippen molar-refractivity contribution in [2.75, 3.05) is 6.54 Å². The highest BCUT2D eigenvalue weighted by molar-refractivity contribution is 5.90. The third-order valence-corrected chi connectivity index (χ3v) is 1.25. The van der Waals surface area contributed by atoms with Gasteiger partial charge in [0.1, 0.15) is 5.92 Å². The molecule has 4 nitrogen and oxygen atoms in total. The van der Waals surface area contributed by atoms with E-state index >= 15 is 0 Å². The molecule has 0 aliphatic carbocycles. The summed E-state index contributed by atoms with van der Waals surface area (Å²) in [6.07, 6.45) is 6.11. The Labute approximate surface area is 64.0 Å². The average Bonchev–Trinajstić information content (AvgIpc) is 1.84. The molecule has 0 amide bonds. The number of nitrogens with zero attached hydrogens (tertiary/aromatic N) is 2. The molecule has 1 unspecified atom stereocenters. The summed E-state index contributed by atoms with van der Waals surface area (Å²) in [5.74, 6) is -1.47. The number of hydrogen-bond donors (Lipinski definition) is 1. The maximum absolute atomic E-state index is 10.4. The first kappa shape index (κ1) is 7.65. The predicted molar refractivity (Wildman–Crippen MR) is 42.1 cm³/mol. The number of allylic oxidation sites excluding steroid dienone is 1. The Balaban J connectivity index is 2.68. The lowest BCUT2D eigenvalue weighted by Crippen LogP contribution is -2.18. The van der Waals surface area contributed by atoms with Crippen molar-refractivity contribution in [3.05, 3.63) is 12.3 Å². The molecule has 1 aliphatic rings. The van der Waals surface area contributed by atoms with Crippen LogP contribution in [0.4, 0.5) is 0 Å². The molecular weight excluding hydrogens is 144 g/mol. The highest BCUT2D eigenvalue weighted by Gasteiger charge is 2.13. The fourth-order valence-electron chi connectivity index (χ4n) is 0.666. The summed E-state index contributed by atoms with van der Waals surface area (Å²) in [4.78, 5) is 18.0. The summed E-state index contributed by atoms with van der Waals surface area (Å²) in [6, 6.07) is 0. The Kier molecular flexibility index (Phi) is 2.54. The lowest BCUT2D eigenvalue weighted by Gasteiger charge is -2.01. The summed E-state index contributed by atoms with van der Waals surface area (Å²) in [6.45, 7) is 0.267. The van der Waals surface area contributed by atoms with E-state index in [0.717, 1.165) is 0 Å². The van der Waals surface area contributed by atoms with Crippen LogP contribution in [0.1, 0.15) is 0 Å². The van der Waals surface area contributed by atoms with E-state index < -0.39 is 11.9 Å². The fourth-order valence-corrected chi connectivity index (χ4v) is 0.666. The third kappa shape index (κ3) is 2.33. The zero-order valence-electron chi connectivity index (χ0n) is 5.84. The van der Waals surface area contributed by atoms with Crippen molar-refractivity contribution in [1.29, 1.82) is 0 Å². The Hall–Kier alpha value is -1.45. The topological polar surface area (TPSA) is 62.0 Å². The molecule has 0 aromatic rings. The predicted octanol–water partition coefficient (Wildman–Crippen LogP) is 0.356. The number of aliphatic carboxylic acids is 1. The zero-order valence-corrected chi connectivity index (χ0v) is 5.84. The van der Waals surface area contributed by atoms with Crippen LogP contribution in [0.25, 0.3) is 0 Å². The Bertz CT molecular complexity index is 231. The molecule has 1 N–H and O–H groups in total. The molecule has 11 heavy (non-hydrogen) atoms. The van der Waals surface area contributed by atoms with E-state index in [-0.39, 0.29) is 6.54 Å². The molecule has 0 spiro atoms. The van der Waals surface area contributed by atoms with E-state index in [9.17, 15) is 4.79 Å².